The average molecular weight is 339 g/mol. The van der Waals surface area contributed by atoms with Crippen LogP contribution in [0.1, 0.15) is 43.2 Å². The first kappa shape index (κ1) is 17.8. The average Bonchev–Trinajstić information content (AvgIpc) is 2.77. The third-order valence-electron chi connectivity index (χ3n) is 4.07. The molecule has 1 heterocycles. The van der Waals surface area contributed by atoms with Crippen LogP contribution >= 0.6 is 0 Å². The molecule has 128 valence electrons. The van der Waals surface area contributed by atoms with Crippen molar-refractivity contribution in [2.75, 3.05) is 7.11 Å². The number of nitrogens with zero attached hydrogens (tertiary/aromatic N) is 1. The van der Waals surface area contributed by atoms with Crippen molar-refractivity contribution >= 4 is 11.8 Å². The van der Waals surface area contributed by atoms with Crippen LogP contribution in [0, 0.1) is 13.8 Å². The Kier molecular flexibility index (Phi) is 4.55. The molecular formula is C17H16F3NO3. The highest BCUT2D eigenvalue weighted by molar-refractivity contribution is 6.16. The molecule has 0 amide bonds. The van der Waals surface area contributed by atoms with Gasteiger partial charge in [0.05, 0.1) is 23.8 Å². The molecule has 0 aliphatic rings. The van der Waals surface area contributed by atoms with Gasteiger partial charge in [-0.3, -0.25) is 4.79 Å². The Morgan fingerprint density at radius 3 is 2.12 bits per heavy atom. The van der Waals surface area contributed by atoms with E-state index >= 15 is 0 Å². The molecule has 2 aromatic rings. The SMILES string of the molecule is COC(=O)c1c(C(=O)c2ccccc2C(F)(F)F)c(C)n(C)c1C. The van der Waals surface area contributed by atoms with Crippen LogP contribution in [-0.4, -0.2) is 23.4 Å². The zero-order chi connectivity index (χ0) is 18.2. The van der Waals surface area contributed by atoms with E-state index in [9.17, 15) is 22.8 Å². The van der Waals surface area contributed by atoms with Crippen molar-refractivity contribution in [3.8, 4) is 0 Å². The summed E-state index contributed by atoms with van der Waals surface area (Å²) in [5, 5.41) is 0. The van der Waals surface area contributed by atoms with E-state index in [1.54, 1.807) is 25.5 Å². The standard InChI is InChI=1S/C17H16F3NO3/c1-9-13(14(16(23)24-4)10(2)21(9)3)15(22)11-7-5-6-8-12(11)17(18,19)20/h5-8H,1-4H3. The Morgan fingerprint density at radius 2 is 1.58 bits per heavy atom. The number of hydrogen-bond acceptors (Lipinski definition) is 3. The molecule has 7 heteroatoms. The number of ether oxygens (including phenoxy) is 1. The highest BCUT2D eigenvalue weighted by Crippen LogP contribution is 2.34. The van der Waals surface area contributed by atoms with Crippen molar-refractivity contribution in [2.24, 2.45) is 7.05 Å². The van der Waals surface area contributed by atoms with Gasteiger partial charge in [0.2, 0.25) is 0 Å². The molecule has 0 radical (unpaired) electrons. The molecule has 1 aromatic heterocycles. The normalized spacial score (nSPS) is 11.5. The second-order valence-corrected chi connectivity index (χ2v) is 5.34. The van der Waals surface area contributed by atoms with Gasteiger partial charge in [-0.05, 0) is 19.9 Å². The van der Waals surface area contributed by atoms with E-state index in [-0.39, 0.29) is 11.1 Å². The van der Waals surface area contributed by atoms with Gasteiger partial charge in [0.1, 0.15) is 0 Å². The first-order valence-electron chi connectivity index (χ1n) is 7.06. The number of esters is 1. The fourth-order valence-corrected chi connectivity index (χ4v) is 2.64. The van der Waals surface area contributed by atoms with Crippen LogP contribution in [-0.2, 0) is 18.0 Å². The van der Waals surface area contributed by atoms with Crippen molar-refractivity contribution in [1.82, 2.24) is 4.57 Å². The highest BCUT2D eigenvalue weighted by atomic mass is 19.4. The third-order valence-corrected chi connectivity index (χ3v) is 4.07. The maximum absolute atomic E-state index is 13.2. The van der Waals surface area contributed by atoms with E-state index in [4.69, 9.17) is 0 Å². The van der Waals surface area contributed by atoms with E-state index in [0.717, 1.165) is 19.2 Å². The van der Waals surface area contributed by atoms with Crippen molar-refractivity contribution in [3.63, 3.8) is 0 Å². The second kappa shape index (κ2) is 6.14. The van der Waals surface area contributed by atoms with Crippen LogP contribution in [0.2, 0.25) is 0 Å². The predicted octanol–water partition coefficient (Wildman–Crippen LogP) is 3.68. The molecule has 0 spiro atoms. The van der Waals surface area contributed by atoms with Crippen LogP contribution in [0.15, 0.2) is 24.3 Å². The lowest BCUT2D eigenvalue weighted by Crippen LogP contribution is -2.16. The molecule has 2 rings (SSSR count). The van der Waals surface area contributed by atoms with Gasteiger partial charge in [0.15, 0.2) is 5.78 Å². The maximum atomic E-state index is 13.2. The van der Waals surface area contributed by atoms with Crippen LogP contribution in [0.4, 0.5) is 13.2 Å². The molecular weight excluding hydrogens is 323 g/mol. The van der Waals surface area contributed by atoms with Crippen molar-refractivity contribution in [3.05, 3.63) is 57.9 Å². The minimum atomic E-state index is -4.67. The van der Waals surface area contributed by atoms with Gasteiger partial charge in [0.25, 0.3) is 0 Å². The summed E-state index contributed by atoms with van der Waals surface area (Å²) in [6.45, 7) is 3.18. The molecule has 0 unspecified atom stereocenters. The Morgan fingerprint density at radius 1 is 1.04 bits per heavy atom. The molecule has 0 atom stereocenters. The summed E-state index contributed by atoms with van der Waals surface area (Å²) in [7, 11) is 2.78. The minimum Gasteiger partial charge on any atom is -0.465 e. The molecule has 0 saturated carbocycles. The Bertz CT molecular complexity index is 819. The summed E-state index contributed by atoms with van der Waals surface area (Å²) in [6, 6.07) is 4.51. The maximum Gasteiger partial charge on any atom is 0.417 e. The van der Waals surface area contributed by atoms with Gasteiger partial charge >= 0.3 is 12.1 Å². The number of benzene rings is 1. The number of carbonyl (C=O) groups excluding carboxylic acids is 2. The van der Waals surface area contributed by atoms with Crippen LogP contribution < -0.4 is 0 Å². The Hall–Kier alpha value is -2.57. The molecule has 0 saturated heterocycles. The molecule has 0 fully saturated rings. The van der Waals surface area contributed by atoms with Gasteiger partial charge in [-0.15, -0.1) is 0 Å². The summed E-state index contributed by atoms with van der Waals surface area (Å²) >= 11 is 0. The summed E-state index contributed by atoms with van der Waals surface area (Å²) in [4.78, 5) is 24.8. The summed E-state index contributed by atoms with van der Waals surface area (Å²) < 4.78 is 45.8. The number of halogens is 3. The van der Waals surface area contributed by atoms with Crippen molar-refractivity contribution in [2.45, 2.75) is 20.0 Å². The lowest BCUT2D eigenvalue weighted by atomic mass is 9.95. The predicted molar refractivity (Wildman–Crippen MR) is 81.1 cm³/mol. The molecule has 0 aliphatic carbocycles. The molecule has 1 aromatic carbocycles. The molecule has 0 bridgehead atoms. The number of alkyl halides is 3. The number of hydrogen-bond donors (Lipinski definition) is 0. The summed E-state index contributed by atoms with van der Waals surface area (Å²) in [5.74, 6) is -1.62. The third kappa shape index (κ3) is 2.81. The molecule has 0 N–H and O–H groups in total. The van der Waals surface area contributed by atoms with E-state index in [2.05, 4.69) is 4.74 Å². The smallest absolute Gasteiger partial charge is 0.417 e. The number of carbonyl (C=O) groups is 2. The lowest BCUT2D eigenvalue weighted by molar-refractivity contribution is -0.137. The minimum absolute atomic E-state index is 0.0144. The number of methoxy groups -OCH3 is 1. The first-order chi connectivity index (χ1) is 11.1. The van der Waals surface area contributed by atoms with E-state index < -0.39 is 29.1 Å². The largest absolute Gasteiger partial charge is 0.465 e. The fraction of sp³-hybridized carbons (Fsp3) is 0.294. The van der Waals surface area contributed by atoms with Gasteiger partial charge in [-0.2, -0.15) is 13.2 Å². The Labute approximate surface area is 136 Å². The van der Waals surface area contributed by atoms with Crippen LogP contribution in [0.5, 0.6) is 0 Å². The second-order valence-electron chi connectivity index (χ2n) is 5.34. The van der Waals surface area contributed by atoms with Crippen molar-refractivity contribution < 1.29 is 27.5 Å². The summed E-state index contributed by atoms with van der Waals surface area (Å²) in [5.41, 5.74) is -0.768. The number of ketones is 1. The van der Waals surface area contributed by atoms with E-state index in [0.29, 0.717) is 11.4 Å². The highest BCUT2D eigenvalue weighted by Gasteiger charge is 2.37. The quantitative estimate of drug-likeness (QED) is 0.633. The fourth-order valence-electron chi connectivity index (χ4n) is 2.64. The van der Waals surface area contributed by atoms with Crippen LogP contribution in [0.3, 0.4) is 0 Å². The zero-order valence-electron chi connectivity index (χ0n) is 13.6. The first-order valence-corrected chi connectivity index (χ1v) is 7.06. The number of aromatic nitrogens is 1. The van der Waals surface area contributed by atoms with Gasteiger partial charge < -0.3 is 9.30 Å². The van der Waals surface area contributed by atoms with Gasteiger partial charge in [-0.1, -0.05) is 18.2 Å². The zero-order valence-corrected chi connectivity index (χ0v) is 13.6. The molecule has 24 heavy (non-hydrogen) atoms. The number of rotatable bonds is 3. The van der Waals surface area contributed by atoms with E-state index in [1.807, 2.05) is 0 Å². The van der Waals surface area contributed by atoms with E-state index in [1.165, 1.54) is 12.1 Å². The van der Waals surface area contributed by atoms with Gasteiger partial charge in [0, 0.05) is 24.0 Å². The van der Waals surface area contributed by atoms with Gasteiger partial charge in [-0.25, -0.2) is 4.79 Å². The van der Waals surface area contributed by atoms with Crippen molar-refractivity contribution in [1.29, 1.82) is 0 Å². The Balaban J connectivity index is 2.73. The summed E-state index contributed by atoms with van der Waals surface area (Å²) in [6.07, 6.45) is -4.67. The molecule has 4 nitrogen and oxygen atoms in total. The van der Waals surface area contributed by atoms with Crippen LogP contribution in [0.25, 0.3) is 0 Å². The topological polar surface area (TPSA) is 48.3 Å². The molecule has 0 aliphatic heterocycles. The monoisotopic (exact) mass is 339 g/mol. The lowest BCUT2D eigenvalue weighted by Gasteiger charge is -2.12.